The molecule has 9 heteroatoms. The largest absolute Gasteiger partial charge is 0.497 e. The van der Waals surface area contributed by atoms with Crippen molar-refractivity contribution >= 4 is 43.2 Å². The molecule has 34 heavy (non-hydrogen) atoms. The minimum absolute atomic E-state index is 0.136. The van der Waals surface area contributed by atoms with Gasteiger partial charge in [0.2, 0.25) is 10.0 Å². The summed E-state index contributed by atoms with van der Waals surface area (Å²) in [6.07, 6.45) is 2.51. The summed E-state index contributed by atoms with van der Waals surface area (Å²) in [5, 5.41) is 0.633. The summed E-state index contributed by atoms with van der Waals surface area (Å²) in [6.45, 7) is 0.392. The number of methoxy groups -OCH3 is 1. The normalized spacial score (nSPS) is 15.9. The fraction of sp³-hybridized carbons (Fsp3) is 0.240. The summed E-state index contributed by atoms with van der Waals surface area (Å²) in [6, 6.07) is 17.6. The Labute approximate surface area is 206 Å². The van der Waals surface area contributed by atoms with Crippen molar-refractivity contribution in [2.75, 3.05) is 7.11 Å². The van der Waals surface area contributed by atoms with E-state index in [2.05, 4.69) is 4.72 Å². The van der Waals surface area contributed by atoms with Gasteiger partial charge in [0.25, 0.3) is 0 Å². The molecule has 0 spiro atoms. The minimum Gasteiger partial charge on any atom is -0.497 e. The SMILES string of the molecule is COc1ccc2c(c1)CCCC2NS(=O)(=O)c1ccc2c(c1)sc(=O)n2Cc1ccc(Cl)cc1. The first-order valence-electron chi connectivity index (χ1n) is 10.9. The second-order valence-electron chi connectivity index (χ2n) is 8.34. The maximum atomic E-state index is 13.3. The highest BCUT2D eigenvalue weighted by molar-refractivity contribution is 7.89. The Bertz CT molecular complexity index is 1530. The molecule has 6 nitrogen and oxygen atoms in total. The standard InChI is InChI=1S/C25H23ClN2O4S2/c1-32-19-9-11-21-17(13-19)3-2-4-22(21)27-34(30,31)20-10-12-23-24(14-20)33-25(29)28(23)15-16-5-7-18(26)8-6-16/h5-14,22,27H,2-4,15H2,1H3. The third kappa shape index (κ3) is 4.51. The summed E-state index contributed by atoms with van der Waals surface area (Å²) in [5.41, 5.74) is 3.73. The van der Waals surface area contributed by atoms with Gasteiger partial charge in [-0.1, -0.05) is 41.1 Å². The maximum Gasteiger partial charge on any atom is 0.308 e. The van der Waals surface area contributed by atoms with Crippen LogP contribution < -0.4 is 14.3 Å². The van der Waals surface area contributed by atoms with Crippen LogP contribution in [-0.2, 0) is 23.0 Å². The molecule has 0 saturated heterocycles. The van der Waals surface area contributed by atoms with Gasteiger partial charge in [0.15, 0.2) is 0 Å². The molecule has 4 aromatic rings. The smallest absolute Gasteiger partial charge is 0.308 e. The van der Waals surface area contributed by atoms with Gasteiger partial charge in [-0.2, -0.15) is 0 Å². The molecule has 1 N–H and O–H groups in total. The van der Waals surface area contributed by atoms with Crippen LogP contribution in [0.4, 0.5) is 0 Å². The summed E-state index contributed by atoms with van der Waals surface area (Å²) >= 11 is 7.00. The van der Waals surface area contributed by atoms with Gasteiger partial charge in [0.05, 0.1) is 28.8 Å². The number of aromatic nitrogens is 1. The van der Waals surface area contributed by atoms with Gasteiger partial charge in [0.1, 0.15) is 5.75 Å². The van der Waals surface area contributed by atoms with E-state index >= 15 is 0 Å². The number of halogens is 1. The first-order valence-corrected chi connectivity index (χ1v) is 13.6. The van der Waals surface area contributed by atoms with Crippen molar-refractivity contribution in [3.05, 3.63) is 92.0 Å². The Morgan fingerprint density at radius 1 is 1.12 bits per heavy atom. The number of benzene rings is 3. The molecule has 1 heterocycles. The van der Waals surface area contributed by atoms with E-state index in [0.29, 0.717) is 21.8 Å². The molecule has 1 aliphatic carbocycles. The van der Waals surface area contributed by atoms with Crippen LogP contribution >= 0.6 is 22.9 Å². The zero-order chi connectivity index (χ0) is 23.9. The first kappa shape index (κ1) is 23.1. The number of hydrogen-bond acceptors (Lipinski definition) is 5. The number of nitrogens with zero attached hydrogens (tertiary/aromatic N) is 1. The van der Waals surface area contributed by atoms with Gasteiger partial charge < -0.3 is 4.74 Å². The van der Waals surface area contributed by atoms with Crippen LogP contribution in [0.1, 0.15) is 35.6 Å². The lowest BCUT2D eigenvalue weighted by atomic mass is 9.88. The van der Waals surface area contributed by atoms with E-state index in [9.17, 15) is 13.2 Å². The summed E-state index contributed by atoms with van der Waals surface area (Å²) < 4.78 is 37.0. The molecule has 0 bridgehead atoms. The van der Waals surface area contributed by atoms with Gasteiger partial charge in [-0.3, -0.25) is 9.36 Å². The number of aryl methyl sites for hydroxylation is 1. The molecular weight excluding hydrogens is 492 g/mol. The fourth-order valence-corrected chi connectivity index (χ4v) is 6.84. The Morgan fingerprint density at radius 3 is 2.68 bits per heavy atom. The number of nitrogens with one attached hydrogen (secondary N) is 1. The average Bonchev–Trinajstić information content (AvgIpc) is 3.14. The topological polar surface area (TPSA) is 77.4 Å². The maximum absolute atomic E-state index is 13.3. The summed E-state index contributed by atoms with van der Waals surface area (Å²) in [5.74, 6) is 0.769. The van der Waals surface area contributed by atoms with E-state index in [4.69, 9.17) is 16.3 Å². The number of thiazole rings is 1. The second-order valence-corrected chi connectivity index (χ2v) is 11.5. The number of sulfonamides is 1. The van der Waals surface area contributed by atoms with E-state index in [-0.39, 0.29) is 15.8 Å². The van der Waals surface area contributed by atoms with E-state index < -0.39 is 10.0 Å². The predicted octanol–water partition coefficient (Wildman–Crippen LogP) is 5.13. The lowest BCUT2D eigenvalue weighted by Crippen LogP contribution is -2.31. The molecule has 0 fully saturated rings. The molecule has 0 aliphatic heterocycles. The van der Waals surface area contributed by atoms with Crippen molar-refractivity contribution in [2.45, 2.75) is 36.7 Å². The summed E-state index contributed by atoms with van der Waals surface area (Å²) in [7, 11) is -2.15. The van der Waals surface area contributed by atoms with Crippen LogP contribution in [0.3, 0.4) is 0 Å². The Kier molecular flexibility index (Phi) is 6.24. The number of hydrogen-bond donors (Lipinski definition) is 1. The van der Waals surface area contributed by atoms with Crippen LogP contribution in [0.2, 0.25) is 5.02 Å². The Balaban J connectivity index is 1.43. The van der Waals surface area contributed by atoms with Crippen molar-refractivity contribution in [3.8, 4) is 5.75 Å². The molecule has 1 unspecified atom stereocenters. The van der Waals surface area contributed by atoms with Crippen molar-refractivity contribution in [1.29, 1.82) is 0 Å². The predicted molar refractivity (Wildman–Crippen MR) is 136 cm³/mol. The second kappa shape index (κ2) is 9.19. The Hall–Kier alpha value is -2.65. The van der Waals surface area contributed by atoms with Crippen LogP contribution in [-0.4, -0.2) is 20.1 Å². The third-order valence-electron chi connectivity index (χ3n) is 6.17. The lowest BCUT2D eigenvalue weighted by Gasteiger charge is -2.26. The fourth-order valence-electron chi connectivity index (χ4n) is 4.43. The highest BCUT2D eigenvalue weighted by Crippen LogP contribution is 2.33. The number of rotatable bonds is 6. The van der Waals surface area contributed by atoms with Gasteiger partial charge in [-0.05, 0) is 78.4 Å². The number of ether oxygens (including phenoxy) is 1. The lowest BCUT2D eigenvalue weighted by molar-refractivity contribution is 0.412. The quantitative estimate of drug-likeness (QED) is 0.387. The minimum atomic E-state index is -3.78. The third-order valence-corrected chi connectivity index (χ3v) is 8.83. The van der Waals surface area contributed by atoms with Crippen LogP contribution in [0, 0.1) is 0 Å². The van der Waals surface area contributed by atoms with Gasteiger partial charge in [-0.15, -0.1) is 0 Å². The van der Waals surface area contributed by atoms with Crippen molar-refractivity contribution in [1.82, 2.24) is 9.29 Å². The molecule has 0 amide bonds. The first-order chi connectivity index (χ1) is 16.3. The van der Waals surface area contributed by atoms with Gasteiger partial charge in [-0.25, -0.2) is 13.1 Å². The molecule has 0 saturated carbocycles. The van der Waals surface area contributed by atoms with E-state index in [1.165, 1.54) is 0 Å². The van der Waals surface area contributed by atoms with Gasteiger partial charge >= 0.3 is 4.87 Å². The molecule has 5 rings (SSSR count). The van der Waals surface area contributed by atoms with Crippen molar-refractivity contribution < 1.29 is 13.2 Å². The zero-order valence-electron chi connectivity index (χ0n) is 18.5. The number of fused-ring (bicyclic) bond motifs is 2. The molecule has 0 radical (unpaired) electrons. The molecule has 1 aromatic heterocycles. The average molecular weight is 515 g/mol. The molecule has 3 aromatic carbocycles. The molecular formula is C25H23ClN2O4S2. The van der Waals surface area contributed by atoms with Gasteiger partial charge in [0, 0.05) is 11.1 Å². The van der Waals surface area contributed by atoms with Crippen molar-refractivity contribution in [2.24, 2.45) is 0 Å². The van der Waals surface area contributed by atoms with E-state index in [0.717, 1.165) is 53.0 Å². The molecule has 176 valence electrons. The Morgan fingerprint density at radius 2 is 1.91 bits per heavy atom. The van der Waals surface area contributed by atoms with Crippen LogP contribution in [0.15, 0.2) is 70.4 Å². The monoisotopic (exact) mass is 514 g/mol. The van der Waals surface area contributed by atoms with E-state index in [1.807, 2.05) is 30.3 Å². The van der Waals surface area contributed by atoms with E-state index in [1.54, 1.807) is 42.0 Å². The highest BCUT2D eigenvalue weighted by Gasteiger charge is 2.26. The molecule has 1 atom stereocenters. The summed E-state index contributed by atoms with van der Waals surface area (Å²) in [4.78, 5) is 12.7. The zero-order valence-corrected chi connectivity index (χ0v) is 20.8. The highest BCUT2D eigenvalue weighted by atomic mass is 35.5. The molecule has 1 aliphatic rings. The van der Waals surface area contributed by atoms with Crippen LogP contribution in [0.5, 0.6) is 5.75 Å². The van der Waals surface area contributed by atoms with Crippen LogP contribution in [0.25, 0.3) is 10.2 Å². The van der Waals surface area contributed by atoms with Crippen molar-refractivity contribution in [3.63, 3.8) is 0 Å².